The Kier molecular flexibility index (Phi) is 7.70. The molecular weight excluding hydrogens is 574 g/mol. The van der Waals surface area contributed by atoms with Gasteiger partial charge >= 0.3 is 0 Å². The van der Waals surface area contributed by atoms with E-state index in [0.717, 1.165) is 22.6 Å². The Labute approximate surface area is 252 Å². The second-order valence-electron chi connectivity index (χ2n) is 10.1. The minimum Gasteiger partial charge on any atom is -0.497 e. The van der Waals surface area contributed by atoms with Crippen LogP contribution in [0.5, 0.6) is 5.75 Å². The van der Waals surface area contributed by atoms with Crippen LogP contribution >= 0.6 is 24.0 Å². The van der Waals surface area contributed by atoms with E-state index in [4.69, 9.17) is 21.9 Å². The zero-order chi connectivity index (χ0) is 29.4. The fourth-order valence-corrected chi connectivity index (χ4v) is 6.41. The number of piperazine rings is 1. The fourth-order valence-electron chi connectivity index (χ4n) is 5.18. The number of carbonyl (C=O) groups excluding carboxylic acids is 1. The second kappa shape index (κ2) is 11.6. The van der Waals surface area contributed by atoms with Gasteiger partial charge in [0.15, 0.2) is 0 Å². The molecule has 0 spiro atoms. The van der Waals surface area contributed by atoms with Gasteiger partial charge in [0.2, 0.25) is 0 Å². The molecule has 2 saturated heterocycles. The Morgan fingerprint density at radius 3 is 2.38 bits per heavy atom. The highest BCUT2D eigenvalue weighted by molar-refractivity contribution is 8.26. The summed E-state index contributed by atoms with van der Waals surface area (Å²) in [5.41, 5.74) is 3.40. The van der Waals surface area contributed by atoms with E-state index in [9.17, 15) is 14.0 Å². The third kappa shape index (κ3) is 5.37. The van der Waals surface area contributed by atoms with Crippen molar-refractivity contribution in [3.63, 3.8) is 0 Å². The summed E-state index contributed by atoms with van der Waals surface area (Å²) in [6.45, 7) is 4.78. The minimum atomic E-state index is -0.271. The lowest BCUT2D eigenvalue weighted by atomic mass is 10.2. The number of pyridine rings is 1. The molecule has 11 heteroatoms. The third-order valence-corrected chi connectivity index (χ3v) is 8.86. The van der Waals surface area contributed by atoms with E-state index in [1.807, 2.05) is 43.3 Å². The standard InChI is InChI=1S/C31H28FN5O3S2/c1-20-4-3-13-36-27(20)33-28(35-16-14-34(15-17-35)23-9-7-22(32)8-10-23)25(29(36)38)18-26-30(39)37(31(41)42-26)19-21-5-11-24(40-2)12-6-21/h3-13,18H,14-17,19H2,1-2H3. The van der Waals surface area contributed by atoms with Gasteiger partial charge in [-0.1, -0.05) is 42.2 Å². The van der Waals surface area contributed by atoms with Gasteiger partial charge in [-0.25, -0.2) is 9.37 Å². The minimum absolute atomic E-state index is 0.248. The summed E-state index contributed by atoms with van der Waals surface area (Å²) < 4.78 is 20.6. The van der Waals surface area contributed by atoms with Crippen molar-refractivity contribution in [2.24, 2.45) is 0 Å². The molecule has 0 saturated carbocycles. The summed E-state index contributed by atoms with van der Waals surface area (Å²) in [6, 6.07) is 17.7. The van der Waals surface area contributed by atoms with Gasteiger partial charge < -0.3 is 14.5 Å². The van der Waals surface area contributed by atoms with Gasteiger partial charge in [-0.3, -0.25) is 18.9 Å². The van der Waals surface area contributed by atoms with Crippen molar-refractivity contribution in [2.75, 3.05) is 43.1 Å². The molecule has 0 atom stereocenters. The lowest BCUT2D eigenvalue weighted by molar-refractivity contribution is -0.122. The number of methoxy groups -OCH3 is 1. The van der Waals surface area contributed by atoms with E-state index in [1.54, 1.807) is 36.4 Å². The summed E-state index contributed by atoms with van der Waals surface area (Å²) in [5, 5.41) is 0. The average Bonchev–Trinajstić information content (AvgIpc) is 3.27. The van der Waals surface area contributed by atoms with Gasteiger partial charge in [-0.2, -0.15) is 0 Å². The number of rotatable bonds is 6. The van der Waals surface area contributed by atoms with E-state index in [1.165, 1.54) is 28.3 Å². The number of carbonyl (C=O) groups is 1. The van der Waals surface area contributed by atoms with Crippen LogP contribution in [-0.2, 0) is 11.3 Å². The van der Waals surface area contributed by atoms with Crippen LogP contribution in [-0.4, -0.2) is 57.8 Å². The lowest BCUT2D eigenvalue weighted by Gasteiger charge is -2.37. The maximum absolute atomic E-state index is 13.9. The number of thioether (sulfide) groups is 1. The van der Waals surface area contributed by atoms with Crippen molar-refractivity contribution in [2.45, 2.75) is 13.5 Å². The topological polar surface area (TPSA) is 70.4 Å². The predicted octanol–water partition coefficient (Wildman–Crippen LogP) is 4.88. The molecule has 42 heavy (non-hydrogen) atoms. The molecule has 1 amide bonds. The van der Waals surface area contributed by atoms with Crippen molar-refractivity contribution in [1.82, 2.24) is 14.3 Å². The molecular formula is C31H28FN5O3S2. The van der Waals surface area contributed by atoms with Crippen LogP contribution in [0.25, 0.3) is 11.7 Å². The van der Waals surface area contributed by atoms with E-state index in [0.29, 0.717) is 59.0 Å². The van der Waals surface area contributed by atoms with E-state index in [-0.39, 0.29) is 17.3 Å². The number of ether oxygens (including phenoxy) is 1. The van der Waals surface area contributed by atoms with Crippen LogP contribution in [0.2, 0.25) is 0 Å². The Bertz CT molecular complexity index is 1760. The van der Waals surface area contributed by atoms with Crippen LogP contribution in [0, 0.1) is 12.7 Å². The molecule has 2 aliphatic heterocycles. The zero-order valence-electron chi connectivity index (χ0n) is 23.1. The van der Waals surface area contributed by atoms with Gasteiger partial charge in [-0.15, -0.1) is 0 Å². The van der Waals surface area contributed by atoms with Crippen LogP contribution in [0.3, 0.4) is 0 Å². The molecule has 0 bridgehead atoms. The first-order valence-electron chi connectivity index (χ1n) is 13.5. The predicted molar refractivity (Wildman–Crippen MR) is 169 cm³/mol. The second-order valence-corrected chi connectivity index (χ2v) is 11.8. The SMILES string of the molecule is COc1ccc(CN2C(=O)C(=Cc3c(N4CCN(c5ccc(F)cc5)CC4)nc4c(C)cccn4c3=O)SC2=S)cc1. The molecule has 214 valence electrons. The first kappa shape index (κ1) is 27.9. The van der Waals surface area contributed by atoms with Gasteiger partial charge in [0.1, 0.15) is 27.4 Å². The van der Waals surface area contributed by atoms with Crippen LogP contribution in [0.4, 0.5) is 15.9 Å². The first-order valence-corrected chi connectivity index (χ1v) is 14.7. The summed E-state index contributed by atoms with van der Waals surface area (Å²) in [6.07, 6.45) is 3.33. The number of amides is 1. The Hall–Kier alpha value is -4.22. The third-order valence-electron chi connectivity index (χ3n) is 7.48. The van der Waals surface area contributed by atoms with Crippen molar-refractivity contribution < 1.29 is 13.9 Å². The molecule has 0 N–H and O–H groups in total. The molecule has 0 aliphatic carbocycles. The van der Waals surface area contributed by atoms with Crippen molar-refractivity contribution >= 4 is 57.4 Å². The maximum atomic E-state index is 13.9. The fraction of sp³-hybridized carbons (Fsp3) is 0.226. The summed E-state index contributed by atoms with van der Waals surface area (Å²) in [4.78, 5) is 38.6. The highest BCUT2D eigenvalue weighted by Gasteiger charge is 2.33. The first-order chi connectivity index (χ1) is 20.3. The quantitative estimate of drug-likeness (QED) is 0.229. The summed E-state index contributed by atoms with van der Waals surface area (Å²) in [7, 11) is 1.60. The molecule has 4 heterocycles. The monoisotopic (exact) mass is 601 g/mol. The number of hydrogen-bond donors (Lipinski definition) is 0. The van der Waals surface area contributed by atoms with E-state index >= 15 is 0 Å². The highest BCUT2D eigenvalue weighted by Crippen LogP contribution is 2.35. The smallest absolute Gasteiger partial charge is 0.267 e. The van der Waals surface area contributed by atoms with E-state index in [2.05, 4.69) is 9.80 Å². The molecule has 2 aliphatic rings. The van der Waals surface area contributed by atoms with Gasteiger partial charge in [0.05, 0.1) is 24.1 Å². The zero-order valence-corrected chi connectivity index (χ0v) is 24.8. The molecule has 2 aromatic heterocycles. The molecule has 8 nitrogen and oxygen atoms in total. The summed E-state index contributed by atoms with van der Waals surface area (Å²) in [5.74, 6) is 0.748. The lowest BCUT2D eigenvalue weighted by Crippen LogP contribution is -2.47. The highest BCUT2D eigenvalue weighted by atomic mass is 32.2. The number of hydrogen-bond acceptors (Lipinski definition) is 8. The van der Waals surface area contributed by atoms with Crippen molar-refractivity contribution in [3.8, 4) is 5.75 Å². The molecule has 0 unspecified atom stereocenters. The largest absolute Gasteiger partial charge is 0.497 e. The van der Waals surface area contributed by atoms with Crippen molar-refractivity contribution in [1.29, 1.82) is 0 Å². The molecule has 4 aromatic rings. The number of benzene rings is 2. The van der Waals surface area contributed by atoms with E-state index < -0.39 is 0 Å². The van der Waals surface area contributed by atoms with Gasteiger partial charge in [0, 0.05) is 38.1 Å². The molecule has 2 fully saturated rings. The van der Waals surface area contributed by atoms with Gasteiger partial charge in [-0.05, 0) is 66.6 Å². The summed E-state index contributed by atoms with van der Waals surface area (Å²) >= 11 is 6.76. The molecule has 2 aromatic carbocycles. The van der Waals surface area contributed by atoms with Crippen LogP contribution in [0.15, 0.2) is 76.6 Å². The Morgan fingerprint density at radius 2 is 1.69 bits per heavy atom. The number of nitrogens with zero attached hydrogens (tertiary/aromatic N) is 5. The van der Waals surface area contributed by atoms with Crippen LogP contribution < -0.4 is 20.1 Å². The van der Waals surface area contributed by atoms with Crippen LogP contribution in [0.1, 0.15) is 16.7 Å². The molecule has 6 rings (SSSR count). The van der Waals surface area contributed by atoms with Crippen molar-refractivity contribution in [3.05, 3.63) is 105 Å². The Morgan fingerprint density at radius 1 is 1.00 bits per heavy atom. The molecule has 0 radical (unpaired) electrons. The Balaban J connectivity index is 1.33. The number of anilines is 2. The number of fused-ring (bicyclic) bond motifs is 1. The number of aromatic nitrogens is 2. The normalized spacial score (nSPS) is 16.6. The average molecular weight is 602 g/mol. The maximum Gasteiger partial charge on any atom is 0.267 e. The number of aryl methyl sites for hydroxylation is 1. The van der Waals surface area contributed by atoms with Gasteiger partial charge in [0.25, 0.3) is 11.5 Å². The number of halogens is 1. The number of thiocarbonyl (C=S) groups is 1.